The molecule has 116 valence electrons. The van der Waals surface area contributed by atoms with Crippen molar-refractivity contribution in [3.05, 3.63) is 24.0 Å². The van der Waals surface area contributed by atoms with Crippen LogP contribution in [-0.4, -0.2) is 40.8 Å². The lowest BCUT2D eigenvalue weighted by Crippen LogP contribution is -2.46. The first kappa shape index (κ1) is 15.6. The molecular formula is C16H24N2O3. The van der Waals surface area contributed by atoms with Gasteiger partial charge in [0.2, 0.25) is 0 Å². The summed E-state index contributed by atoms with van der Waals surface area (Å²) in [6, 6.07) is 3.77. The van der Waals surface area contributed by atoms with Crippen LogP contribution in [0.3, 0.4) is 0 Å². The van der Waals surface area contributed by atoms with Gasteiger partial charge in [-0.3, -0.25) is 4.98 Å². The molecule has 1 aromatic rings. The molecule has 2 heterocycles. The number of pyridine rings is 1. The van der Waals surface area contributed by atoms with E-state index in [2.05, 4.69) is 4.98 Å². The van der Waals surface area contributed by atoms with Gasteiger partial charge >= 0.3 is 6.09 Å². The van der Waals surface area contributed by atoms with Gasteiger partial charge in [-0.1, -0.05) is 0 Å². The Morgan fingerprint density at radius 3 is 2.86 bits per heavy atom. The SMILES string of the molecule is Cc1ncccc1OC1CCCN(C(=O)OC(C)(C)C)C1. The average Bonchev–Trinajstić information content (AvgIpc) is 2.40. The van der Waals surface area contributed by atoms with E-state index in [-0.39, 0.29) is 12.2 Å². The first-order valence-electron chi connectivity index (χ1n) is 7.41. The van der Waals surface area contributed by atoms with Gasteiger partial charge in [-0.2, -0.15) is 0 Å². The largest absolute Gasteiger partial charge is 0.487 e. The Hall–Kier alpha value is -1.78. The zero-order valence-electron chi connectivity index (χ0n) is 13.3. The van der Waals surface area contributed by atoms with Crippen LogP contribution < -0.4 is 4.74 Å². The zero-order chi connectivity index (χ0) is 15.5. The molecular weight excluding hydrogens is 268 g/mol. The van der Waals surface area contributed by atoms with E-state index in [4.69, 9.17) is 9.47 Å². The molecule has 1 amide bonds. The van der Waals surface area contributed by atoms with Crippen LogP contribution in [0.15, 0.2) is 18.3 Å². The van der Waals surface area contributed by atoms with Gasteiger partial charge in [-0.25, -0.2) is 4.79 Å². The standard InChI is InChI=1S/C16H24N2O3/c1-12-14(8-5-9-17-12)20-13-7-6-10-18(11-13)15(19)21-16(2,3)4/h5,8-9,13H,6-7,10-11H2,1-4H3. The molecule has 1 fully saturated rings. The third kappa shape index (κ3) is 4.62. The second-order valence-electron chi connectivity index (χ2n) is 6.40. The van der Waals surface area contributed by atoms with Crippen LogP contribution >= 0.6 is 0 Å². The molecule has 0 aliphatic carbocycles. The van der Waals surface area contributed by atoms with Crippen molar-refractivity contribution in [2.45, 2.75) is 52.2 Å². The van der Waals surface area contributed by atoms with Crippen LogP contribution in [0, 0.1) is 6.92 Å². The summed E-state index contributed by atoms with van der Waals surface area (Å²) >= 11 is 0. The molecule has 0 N–H and O–H groups in total. The smallest absolute Gasteiger partial charge is 0.410 e. The monoisotopic (exact) mass is 292 g/mol. The fraction of sp³-hybridized carbons (Fsp3) is 0.625. The number of rotatable bonds is 2. The second kappa shape index (κ2) is 6.33. The van der Waals surface area contributed by atoms with Crippen molar-refractivity contribution in [3.63, 3.8) is 0 Å². The highest BCUT2D eigenvalue weighted by molar-refractivity contribution is 5.68. The fourth-order valence-electron chi connectivity index (χ4n) is 2.30. The molecule has 1 saturated heterocycles. The Labute approximate surface area is 126 Å². The second-order valence-corrected chi connectivity index (χ2v) is 6.40. The van der Waals surface area contributed by atoms with Gasteiger partial charge in [-0.15, -0.1) is 0 Å². The van der Waals surface area contributed by atoms with E-state index in [0.717, 1.165) is 30.8 Å². The topological polar surface area (TPSA) is 51.7 Å². The number of nitrogens with zero attached hydrogens (tertiary/aromatic N) is 2. The van der Waals surface area contributed by atoms with Crippen molar-refractivity contribution in [2.24, 2.45) is 0 Å². The average molecular weight is 292 g/mol. The number of aryl methyl sites for hydroxylation is 1. The van der Waals surface area contributed by atoms with Crippen LogP contribution in [0.4, 0.5) is 4.79 Å². The normalized spacial score (nSPS) is 19.2. The number of carbonyl (C=O) groups is 1. The predicted molar refractivity (Wildman–Crippen MR) is 80.4 cm³/mol. The molecule has 2 rings (SSSR count). The predicted octanol–water partition coefficient (Wildman–Crippen LogP) is 3.17. The molecule has 1 aromatic heterocycles. The van der Waals surface area contributed by atoms with E-state index in [9.17, 15) is 4.79 Å². The number of hydrogen-bond donors (Lipinski definition) is 0. The van der Waals surface area contributed by atoms with Crippen molar-refractivity contribution in [3.8, 4) is 5.75 Å². The van der Waals surface area contributed by atoms with E-state index < -0.39 is 5.60 Å². The summed E-state index contributed by atoms with van der Waals surface area (Å²) in [6.45, 7) is 8.83. The summed E-state index contributed by atoms with van der Waals surface area (Å²) < 4.78 is 11.4. The van der Waals surface area contributed by atoms with Crippen LogP contribution in [0.1, 0.15) is 39.3 Å². The quantitative estimate of drug-likeness (QED) is 0.840. The minimum absolute atomic E-state index is 0.00540. The summed E-state index contributed by atoms with van der Waals surface area (Å²) in [7, 11) is 0. The number of amides is 1. The van der Waals surface area contributed by atoms with Gasteiger partial charge in [0.25, 0.3) is 0 Å². The lowest BCUT2D eigenvalue weighted by Gasteiger charge is -2.34. The van der Waals surface area contributed by atoms with Crippen LogP contribution in [-0.2, 0) is 4.74 Å². The molecule has 0 spiro atoms. The summed E-state index contributed by atoms with van der Waals surface area (Å²) in [5.41, 5.74) is 0.400. The molecule has 1 atom stereocenters. The third-order valence-electron chi connectivity index (χ3n) is 3.28. The molecule has 0 aromatic carbocycles. The minimum Gasteiger partial charge on any atom is -0.487 e. The Morgan fingerprint density at radius 2 is 2.19 bits per heavy atom. The third-order valence-corrected chi connectivity index (χ3v) is 3.28. The number of aromatic nitrogens is 1. The molecule has 1 unspecified atom stereocenters. The maximum Gasteiger partial charge on any atom is 0.410 e. The highest BCUT2D eigenvalue weighted by Gasteiger charge is 2.28. The maximum atomic E-state index is 12.1. The number of ether oxygens (including phenoxy) is 2. The number of likely N-dealkylation sites (tertiary alicyclic amines) is 1. The molecule has 1 aliphatic heterocycles. The molecule has 0 saturated carbocycles. The van der Waals surface area contributed by atoms with Crippen molar-refractivity contribution >= 4 is 6.09 Å². The highest BCUT2D eigenvalue weighted by atomic mass is 16.6. The van der Waals surface area contributed by atoms with Crippen molar-refractivity contribution < 1.29 is 14.3 Å². The van der Waals surface area contributed by atoms with Crippen LogP contribution in [0.25, 0.3) is 0 Å². The summed E-state index contributed by atoms with van der Waals surface area (Å²) in [5, 5.41) is 0. The van der Waals surface area contributed by atoms with Crippen molar-refractivity contribution in [1.82, 2.24) is 9.88 Å². The molecule has 0 radical (unpaired) electrons. The maximum absolute atomic E-state index is 12.1. The Morgan fingerprint density at radius 1 is 1.43 bits per heavy atom. The molecule has 5 nitrogen and oxygen atoms in total. The van der Waals surface area contributed by atoms with E-state index >= 15 is 0 Å². The lowest BCUT2D eigenvalue weighted by molar-refractivity contribution is 0.00765. The minimum atomic E-state index is -0.467. The summed E-state index contributed by atoms with van der Waals surface area (Å²) in [4.78, 5) is 18.1. The van der Waals surface area contributed by atoms with Gasteiger partial charge in [0.1, 0.15) is 17.5 Å². The van der Waals surface area contributed by atoms with Crippen molar-refractivity contribution in [2.75, 3.05) is 13.1 Å². The molecule has 0 bridgehead atoms. The highest BCUT2D eigenvalue weighted by Crippen LogP contribution is 2.21. The van der Waals surface area contributed by atoms with E-state index in [1.165, 1.54) is 0 Å². The molecule has 5 heteroatoms. The van der Waals surface area contributed by atoms with Crippen molar-refractivity contribution in [1.29, 1.82) is 0 Å². The Balaban J connectivity index is 1.95. The lowest BCUT2D eigenvalue weighted by atomic mass is 10.1. The van der Waals surface area contributed by atoms with Gasteiger partial charge in [-0.05, 0) is 52.7 Å². The molecule has 21 heavy (non-hydrogen) atoms. The number of piperidine rings is 1. The van der Waals surface area contributed by atoms with Crippen LogP contribution in [0.2, 0.25) is 0 Å². The van der Waals surface area contributed by atoms with Gasteiger partial charge in [0.05, 0.1) is 12.2 Å². The summed E-state index contributed by atoms with van der Waals surface area (Å²) in [5.74, 6) is 0.786. The Kier molecular flexibility index (Phi) is 4.70. The van der Waals surface area contributed by atoms with Gasteiger partial charge in [0.15, 0.2) is 0 Å². The molecule has 1 aliphatic rings. The summed E-state index contributed by atoms with van der Waals surface area (Å²) in [6.07, 6.45) is 3.33. The first-order valence-corrected chi connectivity index (χ1v) is 7.41. The van der Waals surface area contributed by atoms with Crippen LogP contribution in [0.5, 0.6) is 5.75 Å². The van der Waals surface area contributed by atoms with E-state index in [1.807, 2.05) is 39.8 Å². The number of carbonyl (C=O) groups excluding carboxylic acids is 1. The van der Waals surface area contributed by atoms with Gasteiger partial charge in [0, 0.05) is 12.7 Å². The fourth-order valence-corrected chi connectivity index (χ4v) is 2.30. The Bertz CT molecular complexity index is 497. The zero-order valence-corrected chi connectivity index (χ0v) is 13.3. The van der Waals surface area contributed by atoms with Gasteiger partial charge < -0.3 is 14.4 Å². The number of hydrogen-bond acceptors (Lipinski definition) is 4. The van der Waals surface area contributed by atoms with E-state index in [1.54, 1.807) is 11.1 Å². The van der Waals surface area contributed by atoms with E-state index in [0.29, 0.717) is 6.54 Å². The first-order chi connectivity index (χ1) is 9.85.